The molecular formula is C74H44N6O. The molecule has 0 bridgehead atoms. The first-order valence-corrected chi connectivity index (χ1v) is 27.3. The van der Waals surface area contributed by atoms with E-state index in [4.69, 9.17) is 19.4 Å². The zero-order chi connectivity index (χ0) is 53.1. The number of anilines is 3. The van der Waals surface area contributed by atoms with Crippen LogP contribution in [0, 0.1) is 0 Å². The lowest BCUT2D eigenvalue weighted by atomic mass is 9.92. The summed E-state index contributed by atoms with van der Waals surface area (Å²) in [7, 11) is 0. The molecule has 0 amide bonds. The van der Waals surface area contributed by atoms with Crippen LogP contribution in [-0.4, -0.2) is 24.5 Å². The summed E-state index contributed by atoms with van der Waals surface area (Å²) in [6, 6.07) is 91.1. The summed E-state index contributed by atoms with van der Waals surface area (Å²) < 4.78 is 9.64. The number of pyridine rings is 1. The largest absolute Gasteiger partial charge is 0.454 e. The van der Waals surface area contributed by atoms with Crippen LogP contribution in [0.2, 0.25) is 0 Å². The number of hydrogen-bond donors (Lipinski definition) is 0. The third kappa shape index (κ3) is 7.02. The molecule has 7 nitrogen and oxygen atoms in total. The minimum atomic E-state index is 0.481. The topological polar surface area (TPSA) is 72.9 Å². The first-order valence-electron chi connectivity index (χ1n) is 27.3. The van der Waals surface area contributed by atoms with Crippen LogP contribution < -0.4 is 4.90 Å². The normalized spacial score (nSPS) is 12.0. The molecule has 0 atom stereocenters. The van der Waals surface area contributed by atoms with Gasteiger partial charge < -0.3 is 9.32 Å². The van der Waals surface area contributed by atoms with E-state index in [-0.39, 0.29) is 0 Å². The molecule has 0 aliphatic heterocycles. The van der Waals surface area contributed by atoms with Crippen molar-refractivity contribution in [2.24, 2.45) is 0 Å². The molecule has 376 valence electrons. The van der Waals surface area contributed by atoms with Gasteiger partial charge in [0.15, 0.2) is 17.2 Å². The van der Waals surface area contributed by atoms with Gasteiger partial charge in [-0.2, -0.15) is 9.97 Å². The van der Waals surface area contributed by atoms with Crippen LogP contribution in [0.5, 0.6) is 0 Å². The van der Waals surface area contributed by atoms with Crippen LogP contribution in [0.1, 0.15) is 0 Å². The fraction of sp³-hybridized carbons (Fsp3) is 0. The van der Waals surface area contributed by atoms with Gasteiger partial charge in [0.25, 0.3) is 0 Å². The van der Waals surface area contributed by atoms with Gasteiger partial charge in [0, 0.05) is 62.1 Å². The second-order valence-corrected chi connectivity index (χ2v) is 20.9. The maximum absolute atomic E-state index is 7.43. The molecule has 0 radical (unpaired) electrons. The van der Waals surface area contributed by atoms with Gasteiger partial charge in [-0.05, 0) is 149 Å². The van der Waals surface area contributed by atoms with Gasteiger partial charge in [0.05, 0.1) is 5.52 Å². The number of hydrogen-bond acceptors (Lipinski definition) is 6. The predicted octanol–water partition coefficient (Wildman–Crippen LogP) is 19.7. The summed E-state index contributed by atoms with van der Waals surface area (Å²) in [4.78, 5) is 22.6. The van der Waals surface area contributed by atoms with Crippen molar-refractivity contribution in [1.29, 1.82) is 0 Å². The summed E-state index contributed by atoms with van der Waals surface area (Å²) in [5.41, 5.74) is 10.5. The summed E-state index contributed by atoms with van der Waals surface area (Å²) in [6.45, 7) is 0. The summed E-state index contributed by atoms with van der Waals surface area (Å²) in [5, 5.41) is 18.5. The zero-order valence-corrected chi connectivity index (χ0v) is 43.5. The molecule has 0 fully saturated rings. The standard InChI is InChI=1S/C74H44N6O/c1-3-16-47(17-4-1)72-76-73(48-37-39-75-40-38-48)78-74(77-72)80-66-36-31-49(45-29-32-52(33-30-45)79(51-18-5-2-6-19-51)53-34-35-55-50(41-53)28-27-46-15-7-8-20-54(46)55)42-64(66)68-60-25-13-14-26-61(60)69-65-43-62-58-23-11-9-21-56(58)57-22-10-12-24-59(57)63(62)44-67(65)81-71(69)70(68)80/h1-44H. The molecule has 0 N–H and O–H groups in total. The molecule has 0 aliphatic rings. The number of para-hydroxylation sites is 1. The highest BCUT2D eigenvalue weighted by molar-refractivity contribution is 6.37. The lowest BCUT2D eigenvalue weighted by molar-refractivity contribution is 0.671. The molecule has 4 heterocycles. The Labute approximate surface area is 463 Å². The van der Waals surface area contributed by atoms with E-state index >= 15 is 0 Å². The quantitative estimate of drug-likeness (QED) is 0.148. The molecule has 17 rings (SSSR count). The molecule has 4 aromatic heterocycles. The second-order valence-electron chi connectivity index (χ2n) is 20.9. The third-order valence-electron chi connectivity index (χ3n) is 16.5. The Bertz CT molecular complexity index is 5350. The molecular weight excluding hydrogens is 989 g/mol. The van der Waals surface area contributed by atoms with E-state index in [0.29, 0.717) is 17.6 Å². The second kappa shape index (κ2) is 17.8. The van der Waals surface area contributed by atoms with Gasteiger partial charge in [-0.15, -0.1) is 0 Å². The van der Waals surface area contributed by atoms with Gasteiger partial charge in [-0.3, -0.25) is 9.55 Å². The molecule has 7 heteroatoms. The highest BCUT2D eigenvalue weighted by atomic mass is 16.3. The minimum Gasteiger partial charge on any atom is -0.454 e. The molecule has 0 saturated heterocycles. The number of rotatable bonds is 7. The fourth-order valence-corrected chi connectivity index (χ4v) is 12.8. The Balaban J connectivity index is 0.916. The Morgan fingerprint density at radius 2 is 0.864 bits per heavy atom. The monoisotopic (exact) mass is 1030 g/mol. The molecule has 17 aromatic rings. The van der Waals surface area contributed by atoms with Crippen LogP contribution in [0.4, 0.5) is 17.1 Å². The number of fused-ring (bicyclic) bond motifs is 19. The van der Waals surface area contributed by atoms with E-state index in [0.717, 1.165) is 99.2 Å². The average molecular weight is 1030 g/mol. The van der Waals surface area contributed by atoms with Crippen LogP contribution in [0.3, 0.4) is 0 Å². The third-order valence-corrected chi connectivity index (χ3v) is 16.5. The van der Waals surface area contributed by atoms with Crippen molar-refractivity contribution in [1.82, 2.24) is 24.5 Å². The molecule has 0 saturated carbocycles. The predicted molar refractivity (Wildman–Crippen MR) is 335 cm³/mol. The van der Waals surface area contributed by atoms with Crippen LogP contribution >= 0.6 is 0 Å². The first kappa shape index (κ1) is 45.0. The number of nitrogens with zero attached hydrogens (tertiary/aromatic N) is 6. The Hall–Kier alpha value is -11.0. The lowest BCUT2D eigenvalue weighted by Crippen LogP contribution is -2.09. The van der Waals surface area contributed by atoms with Crippen molar-refractivity contribution in [3.63, 3.8) is 0 Å². The van der Waals surface area contributed by atoms with Gasteiger partial charge in [-0.1, -0.05) is 182 Å². The van der Waals surface area contributed by atoms with E-state index in [9.17, 15) is 0 Å². The minimum absolute atomic E-state index is 0.481. The van der Waals surface area contributed by atoms with Crippen LogP contribution in [0.15, 0.2) is 272 Å². The van der Waals surface area contributed by atoms with Gasteiger partial charge in [0.1, 0.15) is 11.1 Å². The smallest absolute Gasteiger partial charge is 0.238 e. The Kier molecular flexibility index (Phi) is 9.88. The Morgan fingerprint density at radius 3 is 1.58 bits per heavy atom. The van der Waals surface area contributed by atoms with Crippen molar-refractivity contribution >= 4 is 125 Å². The Morgan fingerprint density at radius 1 is 0.321 bits per heavy atom. The van der Waals surface area contributed by atoms with E-state index in [1.807, 2.05) is 42.5 Å². The number of benzene rings is 13. The van der Waals surface area contributed by atoms with Crippen LogP contribution in [0.25, 0.3) is 148 Å². The van der Waals surface area contributed by atoms with E-state index in [1.54, 1.807) is 12.4 Å². The maximum Gasteiger partial charge on any atom is 0.238 e. The van der Waals surface area contributed by atoms with Crippen molar-refractivity contribution < 1.29 is 4.42 Å². The number of aromatic nitrogens is 5. The van der Waals surface area contributed by atoms with E-state index < -0.39 is 0 Å². The van der Waals surface area contributed by atoms with Crippen molar-refractivity contribution in [3.05, 3.63) is 267 Å². The maximum atomic E-state index is 7.43. The van der Waals surface area contributed by atoms with E-state index in [1.165, 1.54) is 48.5 Å². The fourth-order valence-electron chi connectivity index (χ4n) is 12.8. The summed E-state index contributed by atoms with van der Waals surface area (Å²) in [5.74, 6) is 1.59. The molecule has 0 unspecified atom stereocenters. The van der Waals surface area contributed by atoms with Crippen molar-refractivity contribution in [2.75, 3.05) is 4.90 Å². The molecule has 0 aliphatic carbocycles. The van der Waals surface area contributed by atoms with Gasteiger partial charge in [0.2, 0.25) is 5.95 Å². The van der Waals surface area contributed by atoms with Crippen molar-refractivity contribution in [2.45, 2.75) is 0 Å². The van der Waals surface area contributed by atoms with Crippen molar-refractivity contribution in [3.8, 4) is 39.9 Å². The molecule has 0 spiro atoms. The number of furan rings is 1. The lowest BCUT2D eigenvalue weighted by Gasteiger charge is -2.26. The highest BCUT2D eigenvalue weighted by Gasteiger charge is 2.27. The SMILES string of the molecule is c1ccc(-c2nc(-c3ccncc3)nc(-n3c4ccc(-c5ccc(N(c6ccccc6)c6ccc7c(ccc8ccccc87)c6)cc5)cc4c4c5ccccc5c5c6cc7c8ccccc8c8ccccc8c7cc6oc5c43)n2)cc1. The first-order chi connectivity index (χ1) is 40.2. The summed E-state index contributed by atoms with van der Waals surface area (Å²) in [6.07, 6.45) is 3.56. The average Bonchev–Trinajstić information content (AvgIpc) is 2.97. The molecule has 13 aromatic carbocycles. The van der Waals surface area contributed by atoms with Crippen LogP contribution in [-0.2, 0) is 0 Å². The summed E-state index contributed by atoms with van der Waals surface area (Å²) >= 11 is 0. The van der Waals surface area contributed by atoms with Gasteiger partial charge >= 0.3 is 0 Å². The van der Waals surface area contributed by atoms with E-state index in [2.05, 4.69) is 227 Å². The van der Waals surface area contributed by atoms with Gasteiger partial charge in [-0.25, -0.2) is 4.98 Å². The zero-order valence-electron chi connectivity index (χ0n) is 43.5. The highest BCUT2D eigenvalue weighted by Crippen LogP contribution is 2.49. The molecule has 81 heavy (non-hydrogen) atoms.